The Labute approximate surface area is 134 Å². The van der Waals surface area contributed by atoms with Crippen LogP contribution in [-0.2, 0) is 9.05 Å². The summed E-state index contributed by atoms with van der Waals surface area (Å²) in [7, 11) is 1.37. The Bertz CT molecular complexity index is 623. The standard InChI is InChI=1S/C14H17Cl2NO3S/c15-12-7-6-11(10-13(12)21(16,19)20)14(18)17-8-4-2-1-3-5-9-17/h6-7,10H,1-5,8-9H2. The van der Waals surface area contributed by atoms with Gasteiger partial charge in [-0.1, -0.05) is 30.9 Å². The van der Waals surface area contributed by atoms with Gasteiger partial charge in [-0.25, -0.2) is 8.42 Å². The Morgan fingerprint density at radius 3 is 2.19 bits per heavy atom. The Hall–Kier alpha value is -0.780. The van der Waals surface area contributed by atoms with Gasteiger partial charge >= 0.3 is 0 Å². The number of nitrogens with zero attached hydrogens (tertiary/aromatic N) is 1. The number of carbonyl (C=O) groups is 1. The van der Waals surface area contributed by atoms with E-state index in [0.29, 0.717) is 18.7 Å². The molecule has 0 bridgehead atoms. The van der Waals surface area contributed by atoms with Gasteiger partial charge in [0.15, 0.2) is 0 Å². The van der Waals surface area contributed by atoms with Crippen LogP contribution in [0.2, 0.25) is 5.02 Å². The predicted molar refractivity (Wildman–Crippen MR) is 83.5 cm³/mol. The third kappa shape index (κ3) is 4.34. The summed E-state index contributed by atoms with van der Waals surface area (Å²) < 4.78 is 22.9. The van der Waals surface area contributed by atoms with Crippen LogP contribution in [0, 0.1) is 0 Å². The van der Waals surface area contributed by atoms with E-state index in [-0.39, 0.29) is 15.8 Å². The number of likely N-dealkylation sites (tertiary alicyclic amines) is 1. The van der Waals surface area contributed by atoms with Crippen molar-refractivity contribution in [3.05, 3.63) is 28.8 Å². The van der Waals surface area contributed by atoms with Gasteiger partial charge in [-0.3, -0.25) is 4.79 Å². The molecule has 0 radical (unpaired) electrons. The van der Waals surface area contributed by atoms with Crippen LogP contribution < -0.4 is 0 Å². The maximum Gasteiger partial charge on any atom is 0.262 e. The maximum absolute atomic E-state index is 12.5. The van der Waals surface area contributed by atoms with Gasteiger partial charge in [0.25, 0.3) is 15.0 Å². The maximum atomic E-state index is 12.5. The van der Waals surface area contributed by atoms with Crippen LogP contribution in [0.25, 0.3) is 0 Å². The summed E-state index contributed by atoms with van der Waals surface area (Å²) in [5, 5.41) is 0.0224. The number of hydrogen-bond acceptors (Lipinski definition) is 3. The summed E-state index contributed by atoms with van der Waals surface area (Å²) in [6, 6.07) is 4.19. The number of rotatable bonds is 2. The minimum absolute atomic E-state index is 0.0224. The molecule has 116 valence electrons. The van der Waals surface area contributed by atoms with E-state index in [1.54, 1.807) is 4.90 Å². The van der Waals surface area contributed by atoms with E-state index >= 15 is 0 Å². The molecular formula is C14H17Cl2NO3S. The Balaban J connectivity index is 2.26. The Morgan fingerprint density at radius 1 is 1.05 bits per heavy atom. The van der Waals surface area contributed by atoms with Crippen molar-refractivity contribution in [3.63, 3.8) is 0 Å². The lowest BCUT2D eigenvalue weighted by atomic mass is 10.1. The Morgan fingerprint density at radius 2 is 1.62 bits per heavy atom. The molecule has 1 heterocycles. The summed E-state index contributed by atoms with van der Waals surface area (Å²) in [4.78, 5) is 14.1. The first-order chi connectivity index (χ1) is 9.89. The highest BCUT2D eigenvalue weighted by atomic mass is 35.7. The first-order valence-electron chi connectivity index (χ1n) is 6.93. The van der Waals surface area contributed by atoms with Gasteiger partial charge in [0.1, 0.15) is 4.90 Å². The summed E-state index contributed by atoms with van der Waals surface area (Å²) in [5.74, 6) is -0.171. The average molecular weight is 350 g/mol. The molecule has 0 atom stereocenters. The van der Waals surface area contributed by atoms with Crippen LogP contribution in [-0.4, -0.2) is 32.3 Å². The third-order valence-electron chi connectivity index (χ3n) is 3.58. The number of amides is 1. The first-order valence-corrected chi connectivity index (χ1v) is 9.62. The van der Waals surface area contributed by atoms with Crippen molar-refractivity contribution in [3.8, 4) is 0 Å². The normalized spacial score (nSPS) is 17.1. The molecule has 1 aromatic rings. The minimum Gasteiger partial charge on any atom is -0.339 e. The fourth-order valence-electron chi connectivity index (χ4n) is 2.46. The molecule has 0 aliphatic carbocycles. The van der Waals surface area contributed by atoms with E-state index in [0.717, 1.165) is 25.7 Å². The van der Waals surface area contributed by atoms with Gasteiger partial charge in [-0.05, 0) is 31.0 Å². The fourth-order valence-corrected chi connectivity index (χ4v) is 3.95. The molecule has 1 fully saturated rings. The summed E-state index contributed by atoms with van der Waals surface area (Å²) in [5.41, 5.74) is 0.305. The van der Waals surface area contributed by atoms with Crippen molar-refractivity contribution in [1.82, 2.24) is 4.90 Å². The molecule has 0 saturated carbocycles. The molecule has 0 spiro atoms. The molecule has 1 amide bonds. The van der Waals surface area contributed by atoms with Gasteiger partial charge in [0, 0.05) is 29.3 Å². The van der Waals surface area contributed by atoms with Crippen molar-refractivity contribution >= 4 is 37.2 Å². The van der Waals surface area contributed by atoms with Gasteiger partial charge in [-0.2, -0.15) is 0 Å². The van der Waals surface area contributed by atoms with E-state index < -0.39 is 9.05 Å². The fraction of sp³-hybridized carbons (Fsp3) is 0.500. The van der Waals surface area contributed by atoms with Crippen LogP contribution in [0.15, 0.2) is 23.1 Å². The zero-order valence-electron chi connectivity index (χ0n) is 11.5. The molecule has 0 aromatic heterocycles. The van der Waals surface area contributed by atoms with Crippen LogP contribution >= 0.6 is 22.3 Å². The van der Waals surface area contributed by atoms with E-state index in [1.807, 2.05) is 0 Å². The number of hydrogen-bond donors (Lipinski definition) is 0. The lowest BCUT2D eigenvalue weighted by molar-refractivity contribution is 0.0742. The second-order valence-electron chi connectivity index (χ2n) is 5.14. The topological polar surface area (TPSA) is 54.5 Å². The molecule has 7 heteroatoms. The van der Waals surface area contributed by atoms with Gasteiger partial charge in [0.05, 0.1) is 5.02 Å². The second-order valence-corrected chi connectivity index (χ2v) is 8.08. The van der Waals surface area contributed by atoms with E-state index in [9.17, 15) is 13.2 Å². The van der Waals surface area contributed by atoms with Crippen LogP contribution in [0.3, 0.4) is 0 Å². The summed E-state index contributed by atoms with van der Waals surface area (Å²) in [6.07, 6.45) is 5.38. The molecule has 1 aromatic carbocycles. The molecule has 0 unspecified atom stereocenters. The Kier molecular flexibility index (Phi) is 5.52. The van der Waals surface area contributed by atoms with Crippen molar-refractivity contribution in [2.75, 3.05) is 13.1 Å². The summed E-state index contributed by atoms with van der Waals surface area (Å²) in [6.45, 7) is 1.40. The van der Waals surface area contributed by atoms with Crippen LogP contribution in [0.5, 0.6) is 0 Å². The van der Waals surface area contributed by atoms with E-state index in [1.165, 1.54) is 24.6 Å². The monoisotopic (exact) mass is 349 g/mol. The van der Waals surface area contributed by atoms with E-state index in [4.69, 9.17) is 22.3 Å². The van der Waals surface area contributed by atoms with Crippen LogP contribution in [0.1, 0.15) is 42.5 Å². The predicted octanol–water partition coefficient (Wildman–Crippen LogP) is 3.67. The summed E-state index contributed by atoms with van der Waals surface area (Å²) >= 11 is 5.83. The highest BCUT2D eigenvalue weighted by molar-refractivity contribution is 8.13. The first kappa shape index (κ1) is 16.6. The zero-order chi connectivity index (χ0) is 15.5. The number of halogens is 2. The average Bonchev–Trinajstić information content (AvgIpc) is 2.36. The molecule has 1 aliphatic rings. The van der Waals surface area contributed by atoms with Gasteiger partial charge in [-0.15, -0.1) is 0 Å². The van der Waals surface area contributed by atoms with E-state index in [2.05, 4.69) is 0 Å². The highest BCUT2D eigenvalue weighted by Crippen LogP contribution is 2.26. The van der Waals surface area contributed by atoms with Gasteiger partial charge in [0.2, 0.25) is 0 Å². The number of carbonyl (C=O) groups excluding carboxylic acids is 1. The lowest BCUT2D eigenvalue weighted by Crippen LogP contribution is -2.33. The molecule has 4 nitrogen and oxygen atoms in total. The molecule has 2 rings (SSSR count). The van der Waals surface area contributed by atoms with Crippen molar-refractivity contribution in [1.29, 1.82) is 0 Å². The second kappa shape index (κ2) is 6.99. The third-order valence-corrected chi connectivity index (χ3v) is 5.39. The largest absolute Gasteiger partial charge is 0.339 e. The minimum atomic E-state index is -3.96. The van der Waals surface area contributed by atoms with Crippen molar-refractivity contribution < 1.29 is 13.2 Å². The molecular weight excluding hydrogens is 333 g/mol. The van der Waals surface area contributed by atoms with Crippen LogP contribution in [0.4, 0.5) is 0 Å². The van der Waals surface area contributed by atoms with Crippen molar-refractivity contribution in [2.45, 2.75) is 37.0 Å². The quantitative estimate of drug-likeness (QED) is 0.765. The smallest absolute Gasteiger partial charge is 0.262 e. The number of benzene rings is 1. The lowest BCUT2D eigenvalue weighted by Gasteiger charge is -2.25. The van der Waals surface area contributed by atoms with Gasteiger partial charge < -0.3 is 4.90 Å². The highest BCUT2D eigenvalue weighted by Gasteiger charge is 2.21. The van der Waals surface area contributed by atoms with Crippen molar-refractivity contribution in [2.24, 2.45) is 0 Å². The molecule has 1 saturated heterocycles. The zero-order valence-corrected chi connectivity index (χ0v) is 13.8. The molecule has 21 heavy (non-hydrogen) atoms. The SMILES string of the molecule is O=C(c1ccc(Cl)c(S(=O)(=O)Cl)c1)N1CCCCCCC1. The molecule has 0 N–H and O–H groups in total. The molecule has 1 aliphatic heterocycles.